The Labute approximate surface area is 389 Å². The molecule has 65 heavy (non-hydrogen) atoms. The number of allylic oxidation sites excluding steroid dienone is 1. The number of rotatable bonds is 5. The Morgan fingerprint density at radius 2 is 1.80 bits per heavy atom. The van der Waals surface area contributed by atoms with Gasteiger partial charge in [-0.05, 0) is 112 Å². The first-order valence-electron chi connectivity index (χ1n) is 24.5. The smallest absolute Gasteiger partial charge is 0.306 e. The van der Waals surface area contributed by atoms with E-state index in [0.717, 1.165) is 38.5 Å². The second-order valence-electron chi connectivity index (χ2n) is 21.0. The van der Waals surface area contributed by atoms with Crippen LogP contribution in [0.25, 0.3) is 11.0 Å². The summed E-state index contributed by atoms with van der Waals surface area (Å²) >= 11 is 0. The van der Waals surface area contributed by atoms with Gasteiger partial charge in [0.1, 0.15) is 23.9 Å². The molecule has 14 unspecified atom stereocenters. The number of aliphatic hydroxyl groups excluding tert-OH is 4. The van der Waals surface area contributed by atoms with E-state index in [2.05, 4.69) is 12.2 Å². The highest BCUT2D eigenvalue weighted by atomic mass is 33.1. The second kappa shape index (κ2) is 17.6. The van der Waals surface area contributed by atoms with Crippen LogP contribution in [0, 0.1) is 29.1 Å². The topological polar surface area (TPSA) is 201 Å². The number of ether oxygens (including phenoxy) is 4. The normalized spacial score (nSPS) is 43.5. The highest BCUT2D eigenvalue weighted by Gasteiger charge is 2.84. The van der Waals surface area contributed by atoms with Gasteiger partial charge in [0.05, 0.1) is 30.3 Å². The van der Waals surface area contributed by atoms with E-state index in [1.54, 1.807) is 42.2 Å². The van der Waals surface area contributed by atoms with Gasteiger partial charge in [-0.1, -0.05) is 78.8 Å². The number of aryl methyl sites for hydroxylation is 1. The summed E-state index contributed by atoms with van der Waals surface area (Å²) in [6.07, 6.45) is 16.8. The number of esters is 1. The molecule has 14 atom stereocenters. The molecule has 2 saturated heterocycles. The van der Waals surface area contributed by atoms with Gasteiger partial charge in [0.15, 0.2) is 16.9 Å². The van der Waals surface area contributed by atoms with E-state index in [4.69, 9.17) is 23.4 Å². The van der Waals surface area contributed by atoms with Crippen molar-refractivity contribution in [3.63, 3.8) is 0 Å². The molecule has 7 N–H and O–H groups in total. The van der Waals surface area contributed by atoms with Gasteiger partial charge in [-0.25, -0.2) is 0 Å². The number of fused-ring (bicyclic) bond motifs is 8. The molecule has 1 aromatic carbocycles. The number of carbonyl (C=O) groups is 1. The minimum atomic E-state index is -2.54. The molecule has 15 heteroatoms. The molecule has 13 nitrogen and oxygen atoms in total. The largest absolute Gasteiger partial charge is 0.485 e. The number of hydrogen-bond donors (Lipinski definition) is 7. The Morgan fingerprint density at radius 3 is 2.60 bits per heavy atom. The molecule has 0 radical (unpaired) electrons. The summed E-state index contributed by atoms with van der Waals surface area (Å²) < 4.78 is 33.0. The fourth-order valence-corrected chi connectivity index (χ4v) is 18.4. The third kappa shape index (κ3) is 7.29. The first-order valence-corrected chi connectivity index (χ1v) is 26.7. The third-order valence-corrected chi connectivity index (χ3v) is 21.0. The van der Waals surface area contributed by atoms with Crippen molar-refractivity contribution in [2.75, 3.05) is 26.4 Å². The summed E-state index contributed by atoms with van der Waals surface area (Å²) in [6.45, 7) is 4.42. The Bertz CT molecular complexity index is 2140. The third-order valence-electron chi connectivity index (χ3n) is 17.4. The van der Waals surface area contributed by atoms with Crippen molar-refractivity contribution in [3.05, 3.63) is 48.3 Å². The van der Waals surface area contributed by atoms with Gasteiger partial charge >= 0.3 is 5.97 Å². The summed E-state index contributed by atoms with van der Waals surface area (Å²) in [6, 6.07) is 3.76. The summed E-state index contributed by atoms with van der Waals surface area (Å²) in [5.41, 5.74) is -5.63. The van der Waals surface area contributed by atoms with E-state index in [-0.39, 0.29) is 66.6 Å². The van der Waals surface area contributed by atoms with Crippen LogP contribution in [0.4, 0.5) is 0 Å². The number of furan rings is 1. The van der Waals surface area contributed by atoms with E-state index < -0.39 is 76.5 Å². The second-order valence-corrected chi connectivity index (χ2v) is 23.8. The van der Waals surface area contributed by atoms with Crippen LogP contribution in [0.15, 0.2) is 47.1 Å². The predicted octanol–water partition coefficient (Wildman–Crippen LogP) is 6.28. The number of nitrogens with one attached hydrogen (secondary N) is 1. The molecule has 6 heterocycles. The standard InChI is InChI=1S/C50H69NO12S2/c1-3-59-39(55)15-12-31-26-32-17-24-60-41(32)43-42(31)62-48-22-16-38-50(63-48,47(57)27-33-11-13-35(53)34(28-52)40(33)49(48,58)44(47)56)37(54)9-6-8-30(2)10-14-36(51-23-25-61-43)46(65-64-38)21-7-20-45(29-46)18-4-5-19-45/h11,13,16-17,22,24,26,30,33-38,40,44,51-54,56-58H,3-10,12,14-15,18-21,23,25,27-29H2,1-2H3. The van der Waals surface area contributed by atoms with Crippen LogP contribution in [0.2, 0.25) is 0 Å². The van der Waals surface area contributed by atoms with E-state index >= 15 is 0 Å². The lowest BCUT2D eigenvalue weighted by Crippen LogP contribution is -2.91. The molecular formula is C50H69NO12S2. The van der Waals surface area contributed by atoms with Gasteiger partial charge in [-0.2, -0.15) is 0 Å². The molecule has 5 aliphatic heterocycles. The van der Waals surface area contributed by atoms with E-state index in [1.807, 2.05) is 29.0 Å². The molecule has 6 bridgehead atoms. The van der Waals surface area contributed by atoms with E-state index in [9.17, 15) is 35.4 Å². The van der Waals surface area contributed by atoms with Crippen LogP contribution in [-0.2, 0) is 20.7 Å². The fourth-order valence-electron chi connectivity index (χ4n) is 14.2. The lowest BCUT2D eigenvalue weighted by atomic mass is 9.46. The molecule has 9 aliphatic rings. The zero-order valence-corrected chi connectivity index (χ0v) is 39.5. The molecule has 3 saturated carbocycles. The number of carbonyl (C=O) groups excluding carboxylic acids is 1. The maximum absolute atomic E-state index is 13.9. The van der Waals surface area contributed by atoms with Crippen LogP contribution in [-0.4, -0.2) is 120 Å². The first kappa shape index (κ1) is 46.4. The lowest BCUT2D eigenvalue weighted by Gasteiger charge is -2.72. The molecule has 4 spiro atoms. The van der Waals surface area contributed by atoms with Gasteiger partial charge in [0.25, 0.3) is 5.79 Å². The molecule has 1 aromatic heterocycles. The van der Waals surface area contributed by atoms with Crippen molar-refractivity contribution in [1.29, 1.82) is 0 Å². The van der Waals surface area contributed by atoms with Crippen molar-refractivity contribution in [2.24, 2.45) is 29.1 Å². The van der Waals surface area contributed by atoms with Gasteiger partial charge in [0.2, 0.25) is 5.75 Å². The van der Waals surface area contributed by atoms with E-state index in [1.165, 1.54) is 32.1 Å². The Kier molecular flexibility index (Phi) is 12.6. The Balaban J connectivity index is 1.22. The highest BCUT2D eigenvalue weighted by molar-refractivity contribution is 8.77. The van der Waals surface area contributed by atoms with Crippen molar-refractivity contribution < 1.29 is 58.8 Å². The van der Waals surface area contributed by atoms with Crippen molar-refractivity contribution in [1.82, 2.24) is 5.32 Å². The summed E-state index contributed by atoms with van der Waals surface area (Å²) in [5.74, 6) is -4.90. The predicted molar refractivity (Wildman–Crippen MR) is 247 cm³/mol. The summed E-state index contributed by atoms with van der Waals surface area (Å²) in [5, 5.41) is 80.3. The average Bonchev–Trinajstić information content (AvgIpc) is 3.96. The maximum atomic E-state index is 13.9. The molecule has 5 fully saturated rings. The maximum Gasteiger partial charge on any atom is 0.306 e. The van der Waals surface area contributed by atoms with Gasteiger partial charge < -0.3 is 59.3 Å². The molecule has 2 aromatic rings. The van der Waals surface area contributed by atoms with E-state index in [0.29, 0.717) is 35.4 Å². The monoisotopic (exact) mass is 939 g/mol. The van der Waals surface area contributed by atoms with Gasteiger partial charge in [-0.15, -0.1) is 0 Å². The van der Waals surface area contributed by atoms with Crippen molar-refractivity contribution in [2.45, 2.75) is 174 Å². The fraction of sp³-hybridized carbons (Fsp3) is 0.740. The molecular weight excluding hydrogens is 871 g/mol. The molecule has 11 rings (SSSR count). The number of benzene rings is 1. The lowest BCUT2D eigenvalue weighted by molar-refractivity contribution is -0.457. The van der Waals surface area contributed by atoms with Crippen LogP contribution in [0.1, 0.15) is 116 Å². The van der Waals surface area contributed by atoms with Crippen LogP contribution in [0.5, 0.6) is 11.5 Å². The van der Waals surface area contributed by atoms with Gasteiger partial charge in [-0.3, -0.25) is 4.79 Å². The Hall–Kier alpha value is -2.31. The number of hydrogen-bond acceptors (Lipinski definition) is 15. The molecule has 358 valence electrons. The molecule has 0 amide bonds. The quantitative estimate of drug-likeness (QED) is 0.100. The van der Waals surface area contributed by atoms with Crippen LogP contribution in [0.3, 0.4) is 0 Å². The minimum Gasteiger partial charge on any atom is -0.485 e. The number of aliphatic hydroxyl groups is 6. The molecule has 4 aliphatic carbocycles. The summed E-state index contributed by atoms with van der Waals surface area (Å²) in [4.78, 5) is 13.0. The SMILES string of the molecule is CCOC(=O)CCc1cc2ccoc2c2c1OC13C=CC4SSC5(CCCC6(CCCC6)C5)C(CCC(C)CCCC(O)C4(O1)C1(O)CC4C=CC(O)C(CO)C4C3(O)C1O)NCCO2. The zero-order valence-electron chi connectivity index (χ0n) is 37.8. The van der Waals surface area contributed by atoms with Crippen LogP contribution < -0.4 is 14.8 Å². The average molecular weight is 940 g/mol. The van der Waals surface area contributed by atoms with Crippen LogP contribution >= 0.6 is 21.6 Å². The Morgan fingerprint density at radius 1 is 0.985 bits per heavy atom. The minimum absolute atomic E-state index is 0.0125. The van der Waals surface area contributed by atoms with Gasteiger partial charge in [0, 0.05) is 47.6 Å². The highest BCUT2D eigenvalue weighted by Crippen LogP contribution is 2.69. The zero-order chi connectivity index (χ0) is 45.4. The summed E-state index contributed by atoms with van der Waals surface area (Å²) in [7, 11) is 3.44. The van der Waals surface area contributed by atoms with Crippen molar-refractivity contribution in [3.8, 4) is 11.5 Å². The van der Waals surface area contributed by atoms with Crippen molar-refractivity contribution >= 4 is 38.5 Å². The first-order chi connectivity index (χ1) is 31.3.